The molecule has 0 spiro atoms. The summed E-state index contributed by atoms with van der Waals surface area (Å²) in [6.07, 6.45) is 0. The number of halogens is 1. The van der Waals surface area contributed by atoms with Crippen LogP contribution in [0.5, 0.6) is 0 Å². The zero-order chi connectivity index (χ0) is 11.8. The molecule has 1 fully saturated rings. The van der Waals surface area contributed by atoms with E-state index in [1.54, 1.807) is 12.1 Å². The highest BCUT2D eigenvalue weighted by Crippen LogP contribution is 2.19. The van der Waals surface area contributed by atoms with Crippen molar-refractivity contribution in [2.75, 3.05) is 13.1 Å². The van der Waals surface area contributed by atoms with Crippen LogP contribution in [-0.4, -0.2) is 31.8 Å². The van der Waals surface area contributed by atoms with Crippen LogP contribution < -0.4 is 5.32 Å². The molecule has 0 aromatic heterocycles. The maximum Gasteiger partial charge on any atom is 0.331 e. The summed E-state index contributed by atoms with van der Waals surface area (Å²) in [7, 11) is -3.70. The van der Waals surface area contributed by atoms with Crippen molar-refractivity contribution in [3.05, 3.63) is 28.7 Å². The van der Waals surface area contributed by atoms with Crippen LogP contribution in [-0.2, 0) is 10.0 Å². The van der Waals surface area contributed by atoms with Gasteiger partial charge >= 0.3 is 6.03 Å². The summed E-state index contributed by atoms with van der Waals surface area (Å²) in [6.45, 7) is 0.534. The van der Waals surface area contributed by atoms with Crippen molar-refractivity contribution in [1.82, 2.24) is 9.62 Å². The fraction of sp³-hybridized carbons (Fsp3) is 0.222. The Kier molecular flexibility index (Phi) is 2.90. The fourth-order valence-corrected chi connectivity index (χ4v) is 3.03. The second-order valence-corrected chi connectivity index (χ2v) is 6.04. The van der Waals surface area contributed by atoms with Gasteiger partial charge in [-0.15, -0.1) is 0 Å². The average molecular weight is 305 g/mol. The van der Waals surface area contributed by atoms with Gasteiger partial charge in [0.1, 0.15) is 0 Å². The topological polar surface area (TPSA) is 66.5 Å². The molecule has 86 valence electrons. The van der Waals surface area contributed by atoms with Crippen molar-refractivity contribution < 1.29 is 13.2 Å². The molecule has 2 amide bonds. The van der Waals surface area contributed by atoms with E-state index in [0.29, 0.717) is 6.54 Å². The van der Waals surface area contributed by atoms with Crippen molar-refractivity contribution >= 4 is 32.0 Å². The second-order valence-electron chi connectivity index (χ2n) is 3.26. The predicted molar refractivity (Wildman–Crippen MR) is 61.4 cm³/mol. The minimum Gasteiger partial charge on any atom is -0.335 e. The van der Waals surface area contributed by atoms with Crippen molar-refractivity contribution in [1.29, 1.82) is 0 Å². The van der Waals surface area contributed by atoms with Gasteiger partial charge in [-0.05, 0) is 24.3 Å². The number of carbonyl (C=O) groups excluding carboxylic acids is 1. The highest BCUT2D eigenvalue weighted by molar-refractivity contribution is 9.10. The van der Waals surface area contributed by atoms with Gasteiger partial charge in [-0.1, -0.05) is 15.9 Å². The van der Waals surface area contributed by atoms with E-state index < -0.39 is 16.1 Å². The molecule has 1 heterocycles. The molecule has 0 atom stereocenters. The smallest absolute Gasteiger partial charge is 0.331 e. The van der Waals surface area contributed by atoms with Crippen molar-refractivity contribution in [2.24, 2.45) is 0 Å². The standard InChI is InChI=1S/C9H9BrN2O3S/c10-7-1-3-8(4-2-7)16(14,15)12-6-5-11-9(12)13/h1-4H,5-6H2,(H,11,13). The van der Waals surface area contributed by atoms with E-state index in [1.807, 2.05) is 0 Å². The van der Waals surface area contributed by atoms with Crippen LogP contribution in [0.1, 0.15) is 0 Å². The van der Waals surface area contributed by atoms with E-state index in [0.717, 1.165) is 8.78 Å². The Labute approximate surface area is 102 Å². The summed E-state index contributed by atoms with van der Waals surface area (Å²) in [5.41, 5.74) is 0. The third-order valence-corrected chi connectivity index (χ3v) is 4.54. The van der Waals surface area contributed by atoms with Gasteiger partial charge in [0.15, 0.2) is 0 Å². The lowest BCUT2D eigenvalue weighted by Crippen LogP contribution is -2.34. The maximum absolute atomic E-state index is 12.0. The molecule has 0 bridgehead atoms. The highest BCUT2D eigenvalue weighted by atomic mass is 79.9. The highest BCUT2D eigenvalue weighted by Gasteiger charge is 2.32. The van der Waals surface area contributed by atoms with Gasteiger partial charge in [0.05, 0.1) is 11.4 Å². The molecule has 1 aromatic carbocycles. The van der Waals surface area contributed by atoms with Crippen LogP contribution >= 0.6 is 15.9 Å². The number of urea groups is 1. The van der Waals surface area contributed by atoms with Crippen LogP contribution in [0.4, 0.5) is 4.79 Å². The second kappa shape index (κ2) is 4.06. The summed E-state index contributed by atoms with van der Waals surface area (Å²) in [5, 5.41) is 2.46. The minimum absolute atomic E-state index is 0.118. The molecule has 0 aliphatic carbocycles. The Morgan fingerprint density at radius 3 is 2.38 bits per heavy atom. The van der Waals surface area contributed by atoms with Gasteiger partial charge in [0.25, 0.3) is 10.0 Å². The van der Waals surface area contributed by atoms with E-state index in [4.69, 9.17) is 0 Å². The molecule has 5 nitrogen and oxygen atoms in total. The molecule has 1 N–H and O–H groups in total. The normalized spacial score (nSPS) is 16.3. The summed E-state index contributed by atoms with van der Waals surface area (Å²) in [4.78, 5) is 11.4. The number of sulfonamides is 1. The third kappa shape index (κ3) is 1.92. The lowest BCUT2D eigenvalue weighted by atomic mass is 10.4. The van der Waals surface area contributed by atoms with Crippen LogP contribution in [0, 0.1) is 0 Å². The molecular weight excluding hydrogens is 296 g/mol. The SMILES string of the molecule is O=C1NCCN1S(=O)(=O)c1ccc(Br)cc1. The first-order valence-corrected chi connectivity index (χ1v) is 6.81. The monoisotopic (exact) mass is 304 g/mol. The molecule has 16 heavy (non-hydrogen) atoms. The van der Waals surface area contributed by atoms with Gasteiger partial charge in [-0.3, -0.25) is 0 Å². The number of rotatable bonds is 2. The first-order valence-electron chi connectivity index (χ1n) is 4.58. The Morgan fingerprint density at radius 1 is 1.25 bits per heavy atom. The molecule has 0 radical (unpaired) electrons. The zero-order valence-corrected chi connectivity index (χ0v) is 10.6. The van der Waals surface area contributed by atoms with E-state index >= 15 is 0 Å². The summed E-state index contributed by atoms with van der Waals surface area (Å²) in [5.74, 6) is 0. The summed E-state index contributed by atoms with van der Waals surface area (Å²) >= 11 is 3.22. The Bertz CT molecular complexity index is 512. The molecule has 7 heteroatoms. The molecule has 1 saturated heterocycles. The lowest BCUT2D eigenvalue weighted by molar-refractivity contribution is 0.236. The number of hydrogen-bond donors (Lipinski definition) is 1. The van der Waals surface area contributed by atoms with Gasteiger partial charge in [-0.2, -0.15) is 0 Å². The Balaban J connectivity index is 2.39. The maximum atomic E-state index is 12.0. The van der Waals surface area contributed by atoms with Gasteiger partial charge in [0.2, 0.25) is 0 Å². The fourth-order valence-electron chi connectivity index (χ4n) is 1.42. The quantitative estimate of drug-likeness (QED) is 0.892. The van der Waals surface area contributed by atoms with E-state index in [2.05, 4.69) is 21.2 Å². The number of amides is 2. The molecule has 0 unspecified atom stereocenters. The molecule has 1 aromatic rings. The van der Waals surface area contributed by atoms with Gasteiger partial charge in [-0.25, -0.2) is 17.5 Å². The van der Waals surface area contributed by atoms with E-state index in [-0.39, 0.29) is 11.4 Å². The average Bonchev–Trinajstić information content (AvgIpc) is 2.66. The van der Waals surface area contributed by atoms with E-state index in [1.165, 1.54) is 12.1 Å². The molecule has 1 aliphatic heterocycles. The van der Waals surface area contributed by atoms with E-state index in [9.17, 15) is 13.2 Å². The van der Waals surface area contributed by atoms with Crippen LogP contribution in [0.2, 0.25) is 0 Å². The molecule has 2 rings (SSSR count). The largest absolute Gasteiger partial charge is 0.335 e. The Hall–Kier alpha value is -1.08. The van der Waals surface area contributed by atoms with Crippen LogP contribution in [0.15, 0.2) is 33.6 Å². The number of benzene rings is 1. The first kappa shape index (κ1) is 11.4. The number of hydrogen-bond acceptors (Lipinski definition) is 3. The zero-order valence-electron chi connectivity index (χ0n) is 8.18. The third-order valence-electron chi connectivity index (χ3n) is 2.22. The van der Waals surface area contributed by atoms with Crippen LogP contribution in [0.3, 0.4) is 0 Å². The summed E-state index contributed by atoms with van der Waals surface area (Å²) < 4.78 is 25.6. The first-order chi connectivity index (χ1) is 7.51. The number of carbonyl (C=O) groups is 1. The minimum atomic E-state index is -3.70. The van der Waals surface area contributed by atoms with Crippen LogP contribution in [0.25, 0.3) is 0 Å². The lowest BCUT2D eigenvalue weighted by Gasteiger charge is -2.14. The Morgan fingerprint density at radius 2 is 1.88 bits per heavy atom. The van der Waals surface area contributed by atoms with Gasteiger partial charge in [0, 0.05) is 11.0 Å². The van der Waals surface area contributed by atoms with Crippen molar-refractivity contribution in [3.8, 4) is 0 Å². The molecular formula is C9H9BrN2O3S. The van der Waals surface area contributed by atoms with Gasteiger partial charge < -0.3 is 5.32 Å². The van der Waals surface area contributed by atoms with Crippen molar-refractivity contribution in [2.45, 2.75) is 4.90 Å². The summed E-state index contributed by atoms with van der Waals surface area (Å²) in [6, 6.07) is 5.61. The number of nitrogens with zero attached hydrogens (tertiary/aromatic N) is 1. The molecule has 1 aliphatic rings. The molecule has 0 saturated carbocycles. The predicted octanol–water partition coefficient (Wildman–Crippen LogP) is 1.16. The van der Waals surface area contributed by atoms with Crippen molar-refractivity contribution in [3.63, 3.8) is 0 Å². The number of nitrogens with one attached hydrogen (secondary N) is 1.